The Morgan fingerprint density at radius 1 is 0.978 bits per heavy atom. The van der Waals surface area contributed by atoms with Crippen molar-refractivity contribution >= 4 is 22.5 Å². The molecule has 1 aliphatic rings. The van der Waals surface area contributed by atoms with Crippen LogP contribution in [0.2, 0.25) is 0 Å². The summed E-state index contributed by atoms with van der Waals surface area (Å²) in [7, 11) is 0. The Kier molecular flexibility index (Phi) is 11.6. The van der Waals surface area contributed by atoms with Crippen molar-refractivity contribution in [1.82, 2.24) is 14.5 Å². The predicted octanol–water partition coefficient (Wildman–Crippen LogP) is 10.1. The minimum atomic E-state index is -2.12. The van der Waals surface area contributed by atoms with E-state index in [0.717, 1.165) is 58.4 Å². The number of carbonyl (C=O) groups is 1. The number of likely N-dealkylation sites (tertiary alicyclic amines) is 1. The van der Waals surface area contributed by atoms with E-state index in [1.807, 2.05) is 87.2 Å². The fraction of sp³-hybridized carbons (Fsp3) is 0.405. The lowest BCUT2D eigenvalue weighted by Gasteiger charge is -2.32. The second kappa shape index (κ2) is 15.4. The smallest absolute Gasteiger partial charge is 0.253 e. The van der Waals surface area contributed by atoms with Crippen LogP contribution in [0.4, 0.5) is 17.6 Å². The average Bonchev–Trinajstić information content (AvgIpc) is 3.42. The Hall–Kier alpha value is -3.94. The number of aryl methyl sites for hydroxylation is 1. The van der Waals surface area contributed by atoms with E-state index in [0.29, 0.717) is 18.7 Å². The van der Waals surface area contributed by atoms with Gasteiger partial charge in [-0.1, -0.05) is 56.7 Å². The van der Waals surface area contributed by atoms with E-state index in [4.69, 9.17) is 4.98 Å². The van der Waals surface area contributed by atoms with Crippen LogP contribution < -0.4 is 0 Å². The molecule has 5 rings (SSSR count). The van der Waals surface area contributed by atoms with Gasteiger partial charge in [0.15, 0.2) is 6.30 Å². The molecular formula is C37H43F4N3O. The topological polar surface area (TPSA) is 38.1 Å². The first-order chi connectivity index (χ1) is 21.5. The Labute approximate surface area is 263 Å². The largest absolute Gasteiger partial charge is 0.339 e. The summed E-state index contributed by atoms with van der Waals surface area (Å²) in [6.45, 7) is 10.4. The number of piperidine rings is 1. The Morgan fingerprint density at radius 2 is 1.69 bits per heavy atom. The van der Waals surface area contributed by atoms with Crippen LogP contribution in [0.3, 0.4) is 0 Å². The Bertz CT molecular complexity index is 1620. The standard InChI is InChI=1S/C31H31F2N3O.C6H12F2/c1-4-26(23-8-7-9-25(33)19-23)27-13-12-24(18-20(27)2)31(37)35-16-14-22(15-17-35)30-34-28-10-5-6-11-29(28)36(30)21(3)32;1-3-5(2)4-6(7)8/h4-13,18-19,21-22H,14-17H2,1-3H3;5-6H,3-4H2,1-2H3/b26-4-;. The number of halogens is 4. The summed E-state index contributed by atoms with van der Waals surface area (Å²) in [6, 6.07) is 19.9. The van der Waals surface area contributed by atoms with Crippen LogP contribution in [-0.2, 0) is 0 Å². The highest BCUT2D eigenvalue weighted by Gasteiger charge is 2.29. The molecule has 2 unspecified atom stereocenters. The molecule has 0 N–H and O–H groups in total. The fourth-order valence-electron chi connectivity index (χ4n) is 5.95. The second-order valence-electron chi connectivity index (χ2n) is 11.9. The van der Waals surface area contributed by atoms with Gasteiger partial charge in [0.25, 0.3) is 5.91 Å². The van der Waals surface area contributed by atoms with Crippen LogP contribution in [-0.4, -0.2) is 39.9 Å². The molecule has 1 saturated heterocycles. The number of alkyl halides is 3. The fourth-order valence-corrected chi connectivity index (χ4v) is 5.95. The summed E-state index contributed by atoms with van der Waals surface area (Å²) in [4.78, 5) is 20.0. The van der Waals surface area contributed by atoms with Crippen LogP contribution in [0.5, 0.6) is 0 Å². The number of carbonyl (C=O) groups excluding carboxylic acids is 1. The van der Waals surface area contributed by atoms with Gasteiger partial charge in [0, 0.05) is 31.0 Å². The van der Waals surface area contributed by atoms with Gasteiger partial charge in [-0.15, -0.1) is 0 Å². The second-order valence-corrected chi connectivity index (χ2v) is 11.9. The SMILES string of the molecule is C/C=C(/c1cccc(F)c1)c1ccc(C(=O)N2CCC(c3nc4ccccc4n3C(C)F)CC2)cc1C.CCC(C)CC(F)F. The quantitative estimate of drug-likeness (QED) is 0.184. The molecule has 2 heterocycles. The van der Waals surface area contributed by atoms with Crippen molar-refractivity contribution < 1.29 is 22.4 Å². The molecule has 0 aliphatic carbocycles. The van der Waals surface area contributed by atoms with Crippen LogP contribution in [0.25, 0.3) is 16.6 Å². The number of benzene rings is 3. The van der Waals surface area contributed by atoms with Crippen molar-refractivity contribution in [1.29, 1.82) is 0 Å². The zero-order chi connectivity index (χ0) is 32.7. The predicted molar refractivity (Wildman–Crippen MR) is 174 cm³/mol. The van der Waals surface area contributed by atoms with Gasteiger partial charge in [-0.2, -0.15) is 0 Å². The Morgan fingerprint density at radius 3 is 2.27 bits per heavy atom. The number of nitrogens with zero attached hydrogens (tertiary/aromatic N) is 3. The molecular weight excluding hydrogens is 578 g/mol. The van der Waals surface area contributed by atoms with Crippen LogP contribution in [0.15, 0.2) is 72.8 Å². The third kappa shape index (κ3) is 8.21. The van der Waals surface area contributed by atoms with Gasteiger partial charge in [0.05, 0.1) is 11.0 Å². The molecule has 1 fully saturated rings. The maximum absolute atomic E-state index is 14.6. The maximum atomic E-state index is 14.6. The molecule has 0 radical (unpaired) electrons. The highest BCUT2D eigenvalue weighted by atomic mass is 19.3. The number of imidazole rings is 1. The van der Waals surface area contributed by atoms with E-state index in [-0.39, 0.29) is 30.0 Å². The summed E-state index contributed by atoms with van der Waals surface area (Å²) in [5.74, 6) is 0.756. The van der Waals surface area contributed by atoms with Crippen molar-refractivity contribution in [3.8, 4) is 0 Å². The van der Waals surface area contributed by atoms with Gasteiger partial charge in [0.2, 0.25) is 6.43 Å². The number of hydrogen-bond donors (Lipinski definition) is 0. The van der Waals surface area contributed by atoms with Crippen LogP contribution in [0, 0.1) is 18.7 Å². The molecule has 4 aromatic rings. The molecule has 45 heavy (non-hydrogen) atoms. The molecule has 0 saturated carbocycles. The number of amides is 1. The first kappa shape index (κ1) is 33.9. The van der Waals surface area contributed by atoms with Crippen molar-refractivity contribution in [3.05, 3.63) is 107 Å². The molecule has 1 aliphatic heterocycles. The normalized spacial score (nSPS) is 15.6. The van der Waals surface area contributed by atoms with E-state index in [1.165, 1.54) is 19.1 Å². The van der Waals surface area contributed by atoms with Crippen LogP contribution in [0.1, 0.15) is 98.5 Å². The van der Waals surface area contributed by atoms with Crippen molar-refractivity contribution in [3.63, 3.8) is 0 Å². The van der Waals surface area contributed by atoms with Crippen molar-refractivity contribution in [2.45, 2.75) is 78.9 Å². The number of para-hydroxylation sites is 2. The van der Waals surface area contributed by atoms with E-state index < -0.39 is 12.7 Å². The van der Waals surface area contributed by atoms with Gasteiger partial charge in [-0.05, 0) is 98.2 Å². The zero-order valence-corrected chi connectivity index (χ0v) is 26.7. The molecule has 1 amide bonds. The molecule has 3 aromatic carbocycles. The number of hydrogen-bond acceptors (Lipinski definition) is 2. The van der Waals surface area contributed by atoms with E-state index in [9.17, 15) is 22.4 Å². The van der Waals surface area contributed by atoms with Crippen molar-refractivity contribution in [2.24, 2.45) is 5.92 Å². The molecule has 0 bridgehead atoms. The number of rotatable bonds is 8. The van der Waals surface area contributed by atoms with E-state index in [1.54, 1.807) is 10.6 Å². The molecule has 0 spiro atoms. The lowest BCUT2D eigenvalue weighted by atomic mass is 9.92. The third-order valence-electron chi connectivity index (χ3n) is 8.59. The van der Waals surface area contributed by atoms with E-state index in [2.05, 4.69) is 0 Å². The van der Waals surface area contributed by atoms with Crippen molar-refractivity contribution in [2.75, 3.05) is 13.1 Å². The minimum Gasteiger partial charge on any atom is -0.339 e. The van der Waals surface area contributed by atoms with Crippen LogP contribution >= 0.6 is 0 Å². The monoisotopic (exact) mass is 621 g/mol. The zero-order valence-electron chi connectivity index (χ0n) is 26.7. The van der Waals surface area contributed by atoms with Gasteiger partial charge in [-0.25, -0.2) is 22.5 Å². The van der Waals surface area contributed by atoms with Gasteiger partial charge >= 0.3 is 0 Å². The third-order valence-corrected chi connectivity index (χ3v) is 8.59. The highest BCUT2D eigenvalue weighted by molar-refractivity contribution is 5.95. The summed E-state index contributed by atoms with van der Waals surface area (Å²) in [5, 5.41) is 0. The number of fused-ring (bicyclic) bond motifs is 1. The summed E-state index contributed by atoms with van der Waals surface area (Å²) < 4.78 is 53.0. The molecule has 4 nitrogen and oxygen atoms in total. The molecule has 8 heteroatoms. The molecule has 240 valence electrons. The average molecular weight is 622 g/mol. The van der Waals surface area contributed by atoms with E-state index >= 15 is 0 Å². The summed E-state index contributed by atoms with van der Waals surface area (Å²) >= 11 is 0. The summed E-state index contributed by atoms with van der Waals surface area (Å²) in [5.41, 5.74) is 5.92. The highest BCUT2D eigenvalue weighted by Crippen LogP contribution is 2.34. The first-order valence-corrected chi connectivity index (χ1v) is 15.8. The maximum Gasteiger partial charge on any atom is 0.253 e. The number of aromatic nitrogens is 2. The van der Waals surface area contributed by atoms with Gasteiger partial charge in [-0.3, -0.25) is 9.36 Å². The Balaban J connectivity index is 0.000000510. The van der Waals surface area contributed by atoms with Gasteiger partial charge < -0.3 is 4.90 Å². The number of allylic oxidation sites excluding steroid dienone is 1. The lowest BCUT2D eigenvalue weighted by Crippen LogP contribution is -2.38. The molecule has 1 aromatic heterocycles. The molecule has 2 atom stereocenters. The summed E-state index contributed by atoms with van der Waals surface area (Å²) in [6.07, 6.45) is 1.06. The first-order valence-electron chi connectivity index (χ1n) is 15.8. The minimum absolute atomic E-state index is 0.00625. The van der Waals surface area contributed by atoms with Gasteiger partial charge in [0.1, 0.15) is 11.6 Å². The lowest BCUT2D eigenvalue weighted by molar-refractivity contribution is 0.0708.